The summed E-state index contributed by atoms with van der Waals surface area (Å²) in [7, 11) is 0. The van der Waals surface area contributed by atoms with E-state index in [2.05, 4.69) is 30.5 Å². The molecule has 0 saturated heterocycles. The molecular weight excluding hydrogens is 480 g/mol. The van der Waals surface area contributed by atoms with Gasteiger partial charge in [0.05, 0.1) is 5.39 Å². The van der Waals surface area contributed by atoms with Crippen LogP contribution in [0.3, 0.4) is 0 Å². The average Bonchev–Trinajstić information content (AvgIpc) is 3.56. The van der Waals surface area contributed by atoms with E-state index < -0.39 is 5.91 Å². The number of H-pyrrole nitrogens is 2. The van der Waals surface area contributed by atoms with Gasteiger partial charge in [0.25, 0.3) is 11.5 Å². The molecule has 0 radical (unpaired) electrons. The predicted molar refractivity (Wildman–Crippen MR) is 135 cm³/mol. The summed E-state index contributed by atoms with van der Waals surface area (Å²) in [5.41, 5.74) is 3.36. The number of carbonyl (C=O) groups excluding carboxylic acids is 1. The number of hydrogen-bond acceptors (Lipinski definition) is 8. The van der Waals surface area contributed by atoms with Crippen molar-refractivity contribution in [3.63, 3.8) is 0 Å². The Hall–Kier alpha value is -4.51. The van der Waals surface area contributed by atoms with Crippen LogP contribution >= 0.6 is 11.3 Å². The standard InChI is InChI=1S/C25H22N6O4S/c1-15-5-7-17(8-6-15)19-13-36-24-20(19)22(32)29-21(30-24)23(33)26-12-16-3-2-4-18(11-16)34-9-10-35-25-27-14-28-31-25/h2-8,11,13-14H,9-10,12H2,1H3,(H,26,33)(H,27,28,31)(H,29,30,32). The molecule has 2 aromatic carbocycles. The maximum absolute atomic E-state index is 12.8. The van der Waals surface area contributed by atoms with Crippen molar-refractivity contribution in [3.8, 4) is 22.9 Å². The third kappa shape index (κ3) is 5.26. The molecule has 3 N–H and O–H groups in total. The third-order valence-corrected chi connectivity index (χ3v) is 6.23. The molecule has 5 aromatic rings. The number of aromatic amines is 2. The summed E-state index contributed by atoms with van der Waals surface area (Å²) < 4.78 is 11.0. The molecule has 182 valence electrons. The van der Waals surface area contributed by atoms with Crippen LogP contribution in [0.5, 0.6) is 11.8 Å². The maximum Gasteiger partial charge on any atom is 0.312 e. The molecule has 0 aliphatic carbocycles. The number of aromatic nitrogens is 5. The summed E-state index contributed by atoms with van der Waals surface area (Å²) in [5, 5.41) is 11.5. The second kappa shape index (κ2) is 10.4. The SMILES string of the molecule is Cc1ccc(-c2csc3nc(C(=O)NCc4cccc(OCCOc5ncn[nH]5)c4)[nH]c(=O)c23)cc1. The van der Waals surface area contributed by atoms with Gasteiger partial charge in [0.15, 0.2) is 0 Å². The Balaban J connectivity index is 1.22. The molecular formula is C25H22N6O4S. The van der Waals surface area contributed by atoms with Gasteiger partial charge in [-0.25, -0.2) is 10.1 Å². The number of amides is 1. The van der Waals surface area contributed by atoms with Gasteiger partial charge in [-0.3, -0.25) is 9.59 Å². The highest BCUT2D eigenvalue weighted by Crippen LogP contribution is 2.30. The second-order valence-corrected chi connectivity index (χ2v) is 8.79. The van der Waals surface area contributed by atoms with Crippen LogP contribution in [0.1, 0.15) is 21.7 Å². The number of fused-ring (bicyclic) bond motifs is 1. The molecule has 0 spiro atoms. The van der Waals surface area contributed by atoms with E-state index in [0.717, 1.165) is 22.3 Å². The Morgan fingerprint density at radius 2 is 1.94 bits per heavy atom. The molecule has 0 saturated carbocycles. The van der Waals surface area contributed by atoms with Crippen LogP contribution in [0.2, 0.25) is 0 Å². The van der Waals surface area contributed by atoms with Gasteiger partial charge < -0.3 is 19.8 Å². The average molecular weight is 503 g/mol. The first-order chi connectivity index (χ1) is 17.6. The Bertz CT molecular complexity index is 1540. The van der Waals surface area contributed by atoms with Crippen molar-refractivity contribution in [1.82, 2.24) is 30.5 Å². The third-order valence-electron chi connectivity index (χ3n) is 5.36. The van der Waals surface area contributed by atoms with Crippen LogP contribution in [-0.4, -0.2) is 44.3 Å². The van der Waals surface area contributed by atoms with Gasteiger partial charge in [-0.2, -0.15) is 10.1 Å². The first-order valence-electron chi connectivity index (χ1n) is 11.1. The van der Waals surface area contributed by atoms with Crippen molar-refractivity contribution in [3.05, 3.63) is 87.5 Å². The van der Waals surface area contributed by atoms with Crippen molar-refractivity contribution in [2.24, 2.45) is 0 Å². The number of rotatable bonds is 9. The van der Waals surface area contributed by atoms with Crippen molar-refractivity contribution in [2.75, 3.05) is 13.2 Å². The van der Waals surface area contributed by atoms with Crippen molar-refractivity contribution in [1.29, 1.82) is 0 Å². The van der Waals surface area contributed by atoms with E-state index in [1.807, 2.05) is 60.8 Å². The number of nitrogens with one attached hydrogen (secondary N) is 3. The van der Waals surface area contributed by atoms with Gasteiger partial charge in [0.1, 0.15) is 30.1 Å². The van der Waals surface area contributed by atoms with Gasteiger partial charge in [-0.15, -0.1) is 11.3 Å². The lowest BCUT2D eigenvalue weighted by Gasteiger charge is -2.09. The molecule has 0 fully saturated rings. The normalized spacial score (nSPS) is 10.9. The summed E-state index contributed by atoms with van der Waals surface area (Å²) >= 11 is 1.34. The lowest BCUT2D eigenvalue weighted by molar-refractivity contribution is 0.0940. The topological polar surface area (TPSA) is 135 Å². The summed E-state index contributed by atoms with van der Waals surface area (Å²) in [6, 6.07) is 15.6. The largest absolute Gasteiger partial charge is 0.490 e. The number of carbonyl (C=O) groups is 1. The molecule has 5 rings (SSSR count). The molecule has 0 bridgehead atoms. The first-order valence-corrected chi connectivity index (χ1v) is 12.0. The summed E-state index contributed by atoms with van der Waals surface area (Å²) in [5.74, 6) is 0.144. The van der Waals surface area contributed by atoms with E-state index in [1.54, 1.807) is 0 Å². The van der Waals surface area contributed by atoms with Gasteiger partial charge in [-0.05, 0) is 30.2 Å². The van der Waals surface area contributed by atoms with E-state index in [4.69, 9.17) is 9.47 Å². The number of ether oxygens (including phenoxy) is 2. The van der Waals surface area contributed by atoms with Gasteiger partial charge >= 0.3 is 6.01 Å². The van der Waals surface area contributed by atoms with Crippen molar-refractivity contribution < 1.29 is 14.3 Å². The quantitative estimate of drug-likeness (QED) is 0.263. The zero-order valence-corrected chi connectivity index (χ0v) is 20.1. The monoisotopic (exact) mass is 502 g/mol. The smallest absolute Gasteiger partial charge is 0.312 e. The number of benzene rings is 2. The zero-order chi connectivity index (χ0) is 24.9. The first kappa shape index (κ1) is 23.2. The molecule has 0 aliphatic rings. The minimum Gasteiger partial charge on any atom is -0.490 e. The summed E-state index contributed by atoms with van der Waals surface area (Å²) in [6.45, 7) is 2.86. The van der Waals surface area contributed by atoms with Gasteiger partial charge in [-0.1, -0.05) is 42.0 Å². The highest BCUT2D eigenvalue weighted by atomic mass is 32.1. The summed E-state index contributed by atoms with van der Waals surface area (Å²) in [4.78, 5) is 37.0. The Morgan fingerprint density at radius 3 is 2.75 bits per heavy atom. The van der Waals surface area contributed by atoms with Crippen LogP contribution in [-0.2, 0) is 6.54 Å². The molecule has 1 amide bonds. The van der Waals surface area contributed by atoms with Gasteiger partial charge in [0.2, 0.25) is 5.82 Å². The van der Waals surface area contributed by atoms with Crippen molar-refractivity contribution >= 4 is 27.5 Å². The van der Waals surface area contributed by atoms with E-state index in [1.165, 1.54) is 17.7 Å². The van der Waals surface area contributed by atoms with Crippen LogP contribution in [0.25, 0.3) is 21.3 Å². The molecule has 3 heterocycles. The van der Waals surface area contributed by atoms with E-state index in [9.17, 15) is 9.59 Å². The van der Waals surface area contributed by atoms with E-state index >= 15 is 0 Å². The lowest BCUT2D eigenvalue weighted by Crippen LogP contribution is -2.27. The molecule has 0 aliphatic heterocycles. The van der Waals surface area contributed by atoms with E-state index in [-0.39, 0.29) is 17.9 Å². The minimum atomic E-state index is -0.467. The fraction of sp³-hybridized carbons (Fsp3) is 0.160. The molecule has 10 nitrogen and oxygen atoms in total. The second-order valence-electron chi connectivity index (χ2n) is 7.93. The number of hydrogen-bond donors (Lipinski definition) is 3. The number of aryl methyl sites for hydroxylation is 1. The van der Waals surface area contributed by atoms with Crippen molar-refractivity contribution in [2.45, 2.75) is 13.5 Å². The molecule has 0 unspecified atom stereocenters. The van der Waals surface area contributed by atoms with Crippen LogP contribution in [0.4, 0.5) is 0 Å². The Morgan fingerprint density at radius 1 is 1.11 bits per heavy atom. The number of nitrogens with zero attached hydrogens (tertiary/aromatic N) is 3. The van der Waals surface area contributed by atoms with E-state index in [0.29, 0.717) is 35.2 Å². The van der Waals surface area contributed by atoms with Crippen LogP contribution in [0.15, 0.2) is 65.0 Å². The Kier molecular flexibility index (Phi) is 6.72. The molecule has 36 heavy (non-hydrogen) atoms. The molecule has 0 atom stereocenters. The fourth-order valence-electron chi connectivity index (χ4n) is 3.58. The minimum absolute atomic E-state index is 0.0261. The predicted octanol–water partition coefficient (Wildman–Crippen LogP) is 3.47. The zero-order valence-electron chi connectivity index (χ0n) is 19.3. The Labute approximate surface area is 209 Å². The highest BCUT2D eigenvalue weighted by Gasteiger charge is 2.16. The van der Waals surface area contributed by atoms with Crippen LogP contribution < -0.4 is 20.3 Å². The lowest BCUT2D eigenvalue weighted by atomic mass is 10.1. The molecule has 11 heteroatoms. The maximum atomic E-state index is 12.8. The fourth-order valence-corrected chi connectivity index (χ4v) is 4.52. The molecule has 3 aromatic heterocycles. The van der Waals surface area contributed by atoms with Gasteiger partial charge in [0, 0.05) is 17.5 Å². The highest BCUT2D eigenvalue weighted by molar-refractivity contribution is 7.17. The number of thiophene rings is 1. The van der Waals surface area contributed by atoms with Crippen LogP contribution in [0, 0.1) is 6.92 Å². The summed E-state index contributed by atoms with van der Waals surface area (Å²) in [6.07, 6.45) is 1.36.